The number of benzene rings is 1. The number of hydrogen-bond donors (Lipinski definition) is 0. The maximum atomic E-state index is 13.2. The number of nitrogens with zero attached hydrogens (tertiary/aromatic N) is 1. The molecule has 100 valence electrons. The first kappa shape index (κ1) is 13.6. The molecular formula is C12H6ClF4NO. The van der Waals surface area contributed by atoms with E-state index in [1.165, 1.54) is 18.3 Å². The standard InChI is InChI=1S/C12H6ClF4NO/c13-11-10(14)5-8(6-18-11)7-1-3-9(4-2-7)19-12(15,16)17/h1-6H. The average Bonchev–Trinajstić information content (AvgIpc) is 2.32. The van der Waals surface area contributed by atoms with Crippen LogP contribution in [0.15, 0.2) is 36.5 Å². The van der Waals surface area contributed by atoms with Gasteiger partial charge in [0.1, 0.15) is 5.75 Å². The first-order valence-corrected chi connectivity index (χ1v) is 5.40. The van der Waals surface area contributed by atoms with E-state index in [2.05, 4.69) is 9.72 Å². The van der Waals surface area contributed by atoms with Crippen molar-refractivity contribution < 1.29 is 22.3 Å². The molecule has 1 aromatic carbocycles. The van der Waals surface area contributed by atoms with Crippen molar-refractivity contribution in [2.75, 3.05) is 0 Å². The van der Waals surface area contributed by atoms with Crippen molar-refractivity contribution in [2.24, 2.45) is 0 Å². The third-order valence-corrected chi connectivity index (χ3v) is 2.50. The molecule has 1 aromatic heterocycles. The second-order valence-electron chi connectivity index (χ2n) is 3.57. The molecule has 0 fully saturated rings. The number of halogens is 5. The van der Waals surface area contributed by atoms with Crippen molar-refractivity contribution in [2.45, 2.75) is 6.36 Å². The highest BCUT2D eigenvalue weighted by molar-refractivity contribution is 6.29. The van der Waals surface area contributed by atoms with Gasteiger partial charge in [-0.2, -0.15) is 0 Å². The number of pyridine rings is 1. The first-order chi connectivity index (χ1) is 8.85. The van der Waals surface area contributed by atoms with E-state index in [0.29, 0.717) is 11.1 Å². The van der Waals surface area contributed by atoms with Crippen molar-refractivity contribution in [3.63, 3.8) is 0 Å². The Bertz CT molecular complexity index is 583. The Morgan fingerprint density at radius 3 is 2.21 bits per heavy atom. The predicted octanol–water partition coefficient (Wildman–Crippen LogP) is 4.44. The van der Waals surface area contributed by atoms with Gasteiger partial charge in [0.15, 0.2) is 11.0 Å². The molecule has 0 saturated carbocycles. The summed E-state index contributed by atoms with van der Waals surface area (Å²) < 4.78 is 52.8. The van der Waals surface area contributed by atoms with Crippen molar-refractivity contribution in [3.05, 3.63) is 47.5 Å². The molecule has 0 aliphatic heterocycles. The fourth-order valence-electron chi connectivity index (χ4n) is 1.43. The van der Waals surface area contributed by atoms with Crippen LogP contribution in [0.4, 0.5) is 17.6 Å². The average molecular weight is 292 g/mol. The van der Waals surface area contributed by atoms with E-state index >= 15 is 0 Å². The van der Waals surface area contributed by atoms with Gasteiger partial charge in [-0.05, 0) is 23.8 Å². The molecule has 0 saturated heterocycles. The van der Waals surface area contributed by atoms with Gasteiger partial charge >= 0.3 is 6.36 Å². The third-order valence-electron chi connectivity index (χ3n) is 2.22. The second-order valence-corrected chi connectivity index (χ2v) is 3.93. The zero-order valence-electron chi connectivity index (χ0n) is 9.21. The Labute approximate surface area is 110 Å². The molecule has 19 heavy (non-hydrogen) atoms. The van der Waals surface area contributed by atoms with Crippen LogP contribution in [-0.4, -0.2) is 11.3 Å². The van der Waals surface area contributed by atoms with Crippen LogP contribution in [0.25, 0.3) is 11.1 Å². The Hall–Kier alpha value is -1.82. The van der Waals surface area contributed by atoms with Gasteiger partial charge in [-0.3, -0.25) is 0 Å². The Morgan fingerprint density at radius 2 is 1.68 bits per heavy atom. The van der Waals surface area contributed by atoms with E-state index in [4.69, 9.17) is 11.6 Å². The van der Waals surface area contributed by atoms with Gasteiger partial charge in [0.05, 0.1) is 0 Å². The lowest BCUT2D eigenvalue weighted by atomic mass is 10.1. The SMILES string of the molecule is Fc1cc(-c2ccc(OC(F)(F)F)cc2)cnc1Cl. The molecule has 0 bridgehead atoms. The second kappa shape index (κ2) is 5.05. The quantitative estimate of drug-likeness (QED) is 0.603. The van der Waals surface area contributed by atoms with Crippen LogP contribution in [0.2, 0.25) is 5.15 Å². The zero-order valence-corrected chi connectivity index (χ0v) is 9.97. The lowest BCUT2D eigenvalue weighted by molar-refractivity contribution is -0.274. The van der Waals surface area contributed by atoms with Gasteiger partial charge in [0.25, 0.3) is 0 Å². The fourth-order valence-corrected chi connectivity index (χ4v) is 1.53. The van der Waals surface area contributed by atoms with E-state index in [1.807, 2.05) is 0 Å². The summed E-state index contributed by atoms with van der Waals surface area (Å²) in [6.45, 7) is 0. The largest absolute Gasteiger partial charge is 0.573 e. The van der Waals surface area contributed by atoms with Crippen molar-refractivity contribution in [1.82, 2.24) is 4.98 Å². The molecule has 0 aliphatic rings. The molecule has 0 unspecified atom stereocenters. The highest BCUT2D eigenvalue weighted by Crippen LogP contribution is 2.27. The highest BCUT2D eigenvalue weighted by Gasteiger charge is 2.30. The number of alkyl halides is 3. The van der Waals surface area contributed by atoms with Gasteiger partial charge in [0, 0.05) is 11.8 Å². The number of hydrogen-bond acceptors (Lipinski definition) is 2. The van der Waals surface area contributed by atoms with Crippen LogP contribution in [0, 0.1) is 5.82 Å². The van der Waals surface area contributed by atoms with Crippen LogP contribution in [-0.2, 0) is 0 Å². The van der Waals surface area contributed by atoms with Crippen LogP contribution < -0.4 is 4.74 Å². The Morgan fingerprint density at radius 1 is 1.05 bits per heavy atom. The molecule has 0 atom stereocenters. The Kier molecular flexibility index (Phi) is 3.61. The summed E-state index contributed by atoms with van der Waals surface area (Å²) in [4.78, 5) is 3.62. The van der Waals surface area contributed by atoms with Crippen LogP contribution in [0.1, 0.15) is 0 Å². The fraction of sp³-hybridized carbons (Fsp3) is 0.0833. The van der Waals surface area contributed by atoms with E-state index < -0.39 is 12.2 Å². The van der Waals surface area contributed by atoms with Crippen LogP contribution in [0.5, 0.6) is 5.75 Å². The lowest BCUT2D eigenvalue weighted by Gasteiger charge is -2.09. The summed E-state index contributed by atoms with van der Waals surface area (Å²) in [6.07, 6.45) is -3.42. The molecule has 0 amide bonds. The molecule has 2 aromatic rings. The topological polar surface area (TPSA) is 22.1 Å². The maximum Gasteiger partial charge on any atom is 0.573 e. The number of aromatic nitrogens is 1. The summed E-state index contributed by atoms with van der Waals surface area (Å²) in [7, 11) is 0. The van der Waals surface area contributed by atoms with Gasteiger partial charge in [-0.15, -0.1) is 13.2 Å². The van der Waals surface area contributed by atoms with Gasteiger partial charge in [-0.1, -0.05) is 23.7 Å². The summed E-state index contributed by atoms with van der Waals surface area (Å²) in [5.41, 5.74) is 0.901. The minimum absolute atomic E-state index is 0.263. The van der Waals surface area contributed by atoms with Gasteiger partial charge in [-0.25, -0.2) is 9.37 Å². The van der Waals surface area contributed by atoms with Crippen molar-refractivity contribution >= 4 is 11.6 Å². The first-order valence-electron chi connectivity index (χ1n) is 5.02. The molecule has 0 radical (unpaired) electrons. The molecule has 2 rings (SSSR count). The van der Waals surface area contributed by atoms with E-state index in [-0.39, 0.29) is 10.9 Å². The molecule has 0 aliphatic carbocycles. The van der Waals surface area contributed by atoms with Crippen molar-refractivity contribution in [3.8, 4) is 16.9 Å². The molecule has 0 spiro atoms. The lowest BCUT2D eigenvalue weighted by Crippen LogP contribution is -2.16. The molecule has 1 heterocycles. The Balaban J connectivity index is 2.25. The summed E-state index contributed by atoms with van der Waals surface area (Å²) in [6, 6.07) is 6.15. The zero-order chi connectivity index (χ0) is 14.0. The minimum Gasteiger partial charge on any atom is -0.406 e. The molecule has 7 heteroatoms. The minimum atomic E-state index is -4.74. The van der Waals surface area contributed by atoms with E-state index in [9.17, 15) is 17.6 Å². The third kappa shape index (κ3) is 3.57. The van der Waals surface area contributed by atoms with E-state index in [1.54, 1.807) is 0 Å². The number of ether oxygens (including phenoxy) is 1. The smallest absolute Gasteiger partial charge is 0.406 e. The van der Waals surface area contributed by atoms with E-state index in [0.717, 1.165) is 18.2 Å². The predicted molar refractivity (Wildman–Crippen MR) is 61.3 cm³/mol. The molecular weight excluding hydrogens is 286 g/mol. The van der Waals surface area contributed by atoms with Crippen LogP contribution >= 0.6 is 11.6 Å². The summed E-state index contributed by atoms with van der Waals surface area (Å²) in [5, 5.41) is -0.263. The maximum absolute atomic E-state index is 13.2. The normalized spacial score (nSPS) is 11.4. The highest BCUT2D eigenvalue weighted by atomic mass is 35.5. The number of rotatable bonds is 2. The van der Waals surface area contributed by atoms with Crippen LogP contribution in [0.3, 0.4) is 0 Å². The van der Waals surface area contributed by atoms with Gasteiger partial charge < -0.3 is 4.74 Å². The molecule has 2 nitrogen and oxygen atoms in total. The summed E-state index contributed by atoms with van der Waals surface area (Å²) in [5.74, 6) is -1.05. The monoisotopic (exact) mass is 291 g/mol. The van der Waals surface area contributed by atoms with Gasteiger partial charge in [0.2, 0.25) is 0 Å². The van der Waals surface area contributed by atoms with Crippen molar-refractivity contribution in [1.29, 1.82) is 0 Å². The molecule has 0 N–H and O–H groups in total. The summed E-state index contributed by atoms with van der Waals surface area (Å²) >= 11 is 5.43.